The van der Waals surface area contributed by atoms with Crippen LogP contribution in [0.4, 0.5) is 8.78 Å². The minimum atomic E-state index is -0.671. The number of carbonyl (C=O) groups is 1. The third kappa shape index (κ3) is 4.28. The summed E-state index contributed by atoms with van der Waals surface area (Å²) in [5.74, 6) is -0.912. The number of benzene rings is 1. The summed E-state index contributed by atoms with van der Waals surface area (Å²) in [6.07, 6.45) is 2.03. The van der Waals surface area contributed by atoms with Crippen molar-refractivity contribution in [2.45, 2.75) is 19.3 Å². The van der Waals surface area contributed by atoms with Gasteiger partial charge in [0.1, 0.15) is 11.6 Å². The van der Waals surface area contributed by atoms with Gasteiger partial charge in [0, 0.05) is 12.6 Å². The van der Waals surface area contributed by atoms with Gasteiger partial charge in [-0.3, -0.25) is 4.79 Å². The van der Waals surface area contributed by atoms with Gasteiger partial charge in [0.15, 0.2) is 0 Å². The minimum absolute atomic E-state index is 0.0466. The first kappa shape index (κ1) is 13.9. The van der Waals surface area contributed by atoms with Gasteiger partial charge in [-0.1, -0.05) is 6.07 Å². The van der Waals surface area contributed by atoms with Gasteiger partial charge in [-0.05, 0) is 43.5 Å². The van der Waals surface area contributed by atoms with Crippen LogP contribution in [0, 0.1) is 17.6 Å². The van der Waals surface area contributed by atoms with Crippen molar-refractivity contribution in [2.75, 3.05) is 19.6 Å². The van der Waals surface area contributed by atoms with Gasteiger partial charge in [0.2, 0.25) is 5.91 Å². The standard InChI is InChI=1S/C14H18F2N2O/c15-12-2-1-11(13(16)8-12)7-14(19)18-6-4-10-3-5-17-9-10/h1-2,8,10,17H,3-7,9H2,(H,18,19). The summed E-state index contributed by atoms with van der Waals surface area (Å²) < 4.78 is 26.1. The minimum Gasteiger partial charge on any atom is -0.356 e. The van der Waals surface area contributed by atoms with Crippen LogP contribution in [0.2, 0.25) is 0 Å². The Morgan fingerprint density at radius 1 is 1.42 bits per heavy atom. The Labute approximate surface area is 111 Å². The maximum Gasteiger partial charge on any atom is 0.224 e. The second kappa shape index (κ2) is 6.61. The maximum absolute atomic E-state index is 13.4. The Kier molecular flexibility index (Phi) is 4.85. The SMILES string of the molecule is O=C(Cc1ccc(F)cc1F)NCCC1CCNC1. The molecule has 1 atom stereocenters. The molecule has 0 aliphatic carbocycles. The molecule has 0 radical (unpaired) electrons. The van der Waals surface area contributed by atoms with Crippen LogP contribution in [0.15, 0.2) is 18.2 Å². The molecular weight excluding hydrogens is 250 g/mol. The van der Waals surface area contributed by atoms with E-state index in [2.05, 4.69) is 10.6 Å². The van der Waals surface area contributed by atoms with Gasteiger partial charge in [0.25, 0.3) is 0 Å². The van der Waals surface area contributed by atoms with E-state index in [9.17, 15) is 13.6 Å². The lowest BCUT2D eigenvalue weighted by Crippen LogP contribution is -2.28. The van der Waals surface area contributed by atoms with Crippen molar-refractivity contribution in [3.05, 3.63) is 35.4 Å². The second-order valence-electron chi connectivity index (χ2n) is 4.91. The monoisotopic (exact) mass is 268 g/mol. The van der Waals surface area contributed by atoms with Gasteiger partial charge < -0.3 is 10.6 Å². The normalized spacial score (nSPS) is 18.5. The van der Waals surface area contributed by atoms with Crippen molar-refractivity contribution in [2.24, 2.45) is 5.92 Å². The smallest absolute Gasteiger partial charge is 0.224 e. The van der Waals surface area contributed by atoms with Gasteiger partial charge in [-0.25, -0.2) is 8.78 Å². The highest BCUT2D eigenvalue weighted by Crippen LogP contribution is 2.12. The molecule has 0 aromatic heterocycles. The van der Waals surface area contributed by atoms with Gasteiger partial charge >= 0.3 is 0 Å². The van der Waals surface area contributed by atoms with Crippen molar-refractivity contribution >= 4 is 5.91 Å². The second-order valence-corrected chi connectivity index (χ2v) is 4.91. The number of hydrogen-bond acceptors (Lipinski definition) is 2. The average Bonchev–Trinajstić information content (AvgIpc) is 2.86. The summed E-state index contributed by atoms with van der Waals surface area (Å²) in [6.45, 7) is 2.65. The molecule has 1 unspecified atom stereocenters. The molecule has 1 fully saturated rings. The van der Waals surface area contributed by atoms with Gasteiger partial charge in [-0.2, -0.15) is 0 Å². The zero-order chi connectivity index (χ0) is 13.7. The molecule has 2 rings (SSSR count). The molecular formula is C14H18F2N2O. The Bertz CT molecular complexity index is 445. The summed E-state index contributed by atoms with van der Waals surface area (Å²) >= 11 is 0. The predicted octanol–water partition coefficient (Wildman–Crippen LogP) is 1.62. The molecule has 5 heteroatoms. The van der Waals surface area contributed by atoms with E-state index < -0.39 is 11.6 Å². The number of halogens is 2. The zero-order valence-electron chi connectivity index (χ0n) is 10.7. The molecule has 104 valence electrons. The number of amides is 1. The van der Waals surface area contributed by atoms with E-state index in [-0.39, 0.29) is 17.9 Å². The molecule has 1 amide bonds. The summed E-state index contributed by atoms with van der Waals surface area (Å²) in [5, 5.41) is 6.04. The lowest BCUT2D eigenvalue weighted by molar-refractivity contribution is -0.120. The predicted molar refractivity (Wildman–Crippen MR) is 68.7 cm³/mol. The van der Waals surface area contributed by atoms with Gasteiger partial charge in [-0.15, -0.1) is 0 Å². The summed E-state index contributed by atoms with van der Waals surface area (Å²) in [5.41, 5.74) is 0.224. The highest BCUT2D eigenvalue weighted by atomic mass is 19.1. The number of hydrogen-bond donors (Lipinski definition) is 2. The van der Waals surface area contributed by atoms with Crippen molar-refractivity contribution in [3.63, 3.8) is 0 Å². The molecule has 1 aliphatic heterocycles. The Morgan fingerprint density at radius 2 is 2.26 bits per heavy atom. The van der Waals surface area contributed by atoms with E-state index in [4.69, 9.17) is 0 Å². The van der Waals surface area contributed by atoms with E-state index in [1.807, 2.05) is 0 Å². The Morgan fingerprint density at radius 3 is 2.95 bits per heavy atom. The third-order valence-corrected chi connectivity index (χ3v) is 3.40. The van der Waals surface area contributed by atoms with Crippen LogP contribution in [-0.2, 0) is 11.2 Å². The molecule has 2 N–H and O–H groups in total. The molecule has 19 heavy (non-hydrogen) atoms. The molecule has 3 nitrogen and oxygen atoms in total. The quantitative estimate of drug-likeness (QED) is 0.852. The fourth-order valence-electron chi connectivity index (χ4n) is 2.28. The van der Waals surface area contributed by atoms with E-state index in [0.29, 0.717) is 12.5 Å². The first-order valence-electron chi connectivity index (χ1n) is 6.56. The summed E-state index contributed by atoms with van der Waals surface area (Å²) in [6, 6.07) is 3.27. The van der Waals surface area contributed by atoms with E-state index in [1.165, 1.54) is 6.07 Å². The molecule has 1 aliphatic rings. The number of rotatable bonds is 5. The fraction of sp³-hybridized carbons (Fsp3) is 0.500. The molecule has 1 saturated heterocycles. The number of nitrogens with one attached hydrogen (secondary N) is 2. The largest absolute Gasteiger partial charge is 0.356 e. The van der Waals surface area contributed by atoms with E-state index >= 15 is 0 Å². The lowest BCUT2D eigenvalue weighted by Gasteiger charge is -2.09. The van der Waals surface area contributed by atoms with Crippen LogP contribution in [0.1, 0.15) is 18.4 Å². The van der Waals surface area contributed by atoms with Crippen LogP contribution in [-0.4, -0.2) is 25.5 Å². The van der Waals surface area contributed by atoms with E-state index in [1.54, 1.807) is 0 Å². The van der Waals surface area contributed by atoms with Crippen molar-refractivity contribution in [3.8, 4) is 0 Å². The molecule has 1 heterocycles. The van der Waals surface area contributed by atoms with Crippen LogP contribution < -0.4 is 10.6 Å². The van der Waals surface area contributed by atoms with Crippen molar-refractivity contribution in [1.29, 1.82) is 0 Å². The van der Waals surface area contributed by atoms with Crippen molar-refractivity contribution < 1.29 is 13.6 Å². The zero-order valence-corrected chi connectivity index (χ0v) is 10.7. The van der Waals surface area contributed by atoms with E-state index in [0.717, 1.165) is 38.1 Å². The average molecular weight is 268 g/mol. The fourth-order valence-corrected chi connectivity index (χ4v) is 2.28. The Hall–Kier alpha value is -1.49. The summed E-state index contributed by atoms with van der Waals surface area (Å²) in [4.78, 5) is 11.6. The van der Waals surface area contributed by atoms with Crippen LogP contribution >= 0.6 is 0 Å². The molecule has 1 aromatic carbocycles. The first-order valence-corrected chi connectivity index (χ1v) is 6.56. The van der Waals surface area contributed by atoms with Crippen molar-refractivity contribution in [1.82, 2.24) is 10.6 Å². The highest BCUT2D eigenvalue weighted by Gasteiger charge is 2.14. The number of carbonyl (C=O) groups excluding carboxylic acids is 1. The topological polar surface area (TPSA) is 41.1 Å². The first-order chi connectivity index (χ1) is 9.15. The molecule has 0 spiro atoms. The molecule has 0 bridgehead atoms. The lowest BCUT2D eigenvalue weighted by atomic mass is 10.1. The summed E-state index contributed by atoms with van der Waals surface area (Å²) in [7, 11) is 0. The molecule has 1 aromatic rings. The third-order valence-electron chi connectivity index (χ3n) is 3.40. The van der Waals surface area contributed by atoms with Crippen LogP contribution in [0.5, 0.6) is 0 Å². The van der Waals surface area contributed by atoms with Crippen LogP contribution in [0.25, 0.3) is 0 Å². The Balaban J connectivity index is 1.74. The molecule has 0 saturated carbocycles. The highest BCUT2D eigenvalue weighted by molar-refractivity contribution is 5.78. The maximum atomic E-state index is 13.4. The van der Waals surface area contributed by atoms with Crippen LogP contribution in [0.3, 0.4) is 0 Å². The van der Waals surface area contributed by atoms with Gasteiger partial charge in [0.05, 0.1) is 6.42 Å².